The molecule has 5 rings (SSSR count). The molecule has 0 radical (unpaired) electrons. The van der Waals surface area contributed by atoms with Gasteiger partial charge in [0.1, 0.15) is 35.4 Å². The van der Waals surface area contributed by atoms with Gasteiger partial charge in [-0.2, -0.15) is 10.4 Å². The van der Waals surface area contributed by atoms with Crippen molar-refractivity contribution in [2.45, 2.75) is 46.1 Å². The Morgan fingerprint density at radius 2 is 2.07 bits per heavy atom. The van der Waals surface area contributed by atoms with Crippen LogP contribution in [-0.4, -0.2) is 45.2 Å². The quantitative estimate of drug-likeness (QED) is 0.367. The molecule has 2 aliphatic rings. The summed E-state index contributed by atoms with van der Waals surface area (Å²) in [5.41, 5.74) is 3.91. The van der Waals surface area contributed by atoms with Crippen molar-refractivity contribution < 1.29 is 8.78 Å². The number of benzene rings is 1. The van der Waals surface area contributed by atoms with E-state index in [2.05, 4.69) is 48.6 Å². The lowest BCUT2D eigenvalue weighted by molar-refractivity contribution is 0.260. The molecule has 0 aliphatic carbocycles. The minimum absolute atomic E-state index is 0.0226. The van der Waals surface area contributed by atoms with Gasteiger partial charge < -0.3 is 15.5 Å². The van der Waals surface area contributed by atoms with Gasteiger partial charge in [-0.25, -0.2) is 18.7 Å². The van der Waals surface area contributed by atoms with Gasteiger partial charge in [0.25, 0.3) is 0 Å². The number of hydrogen-bond donors (Lipinski definition) is 2. The van der Waals surface area contributed by atoms with Crippen molar-refractivity contribution >= 4 is 28.7 Å². The minimum atomic E-state index is -0.561. The van der Waals surface area contributed by atoms with Gasteiger partial charge in [-0.15, -0.1) is 0 Å². The highest BCUT2D eigenvalue weighted by atomic mass is 19.1. The smallest absolute Gasteiger partial charge is 0.146 e. The van der Waals surface area contributed by atoms with Crippen molar-refractivity contribution in [2.75, 3.05) is 29.9 Å². The number of nitrogens with one attached hydrogen (secondary N) is 2. The lowest BCUT2D eigenvalue weighted by Crippen LogP contribution is -2.37. The van der Waals surface area contributed by atoms with Gasteiger partial charge >= 0.3 is 0 Å². The summed E-state index contributed by atoms with van der Waals surface area (Å²) in [6.45, 7) is 8.11. The van der Waals surface area contributed by atoms with Gasteiger partial charge in [-0.1, -0.05) is 0 Å². The van der Waals surface area contributed by atoms with Crippen molar-refractivity contribution in [3.8, 4) is 6.07 Å². The van der Waals surface area contributed by atoms with Crippen LogP contribution in [-0.2, 0) is 0 Å². The molecule has 1 aromatic carbocycles. The Labute approximate surface area is 238 Å². The SMILES string of the molecule is CCN=C1NC=C/C1=C(/C)c1cnn(C(CC#N)C2CCN(c3ncnc(Nc4cc(F)ccc4F)c3C)CC2)c1. The molecule has 2 N–H and O–H groups in total. The van der Waals surface area contributed by atoms with Crippen LogP contribution < -0.4 is 15.5 Å². The first-order valence-electron chi connectivity index (χ1n) is 13.8. The Bertz CT molecular complexity index is 1540. The molecule has 2 aliphatic heterocycles. The highest BCUT2D eigenvalue weighted by Crippen LogP contribution is 2.35. The predicted octanol–water partition coefficient (Wildman–Crippen LogP) is 5.68. The van der Waals surface area contributed by atoms with Crippen molar-refractivity contribution in [1.82, 2.24) is 25.1 Å². The van der Waals surface area contributed by atoms with Gasteiger partial charge in [0.15, 0.2) is 0 Å². The molecule has 11 heteroatoms. The van der Waals surface area contributed by atoms with Crippen LogP contribution >= 0.6 is 0 Å². The summed E-state index contributed by atoms with van der Waals surface area (Å²) in [4.78, 5) is 15.5. The van der Waals surface area contributed by atoms with Gasteiger partial charge in [-0.3, -0.25) is 9.67 Å². The number of hydrogen-bond acceptors (Lipinski definition) is 7. The Kier molecular flexibility index (Phi) is 8.38. The van der Waals surface area contributed by atoms with Crippen LogP contribution in [0, 0.1) is 35.8 Å². The largest absolute Gasteiger partial charge is 0.356 e. The highest BCUT2D eigenvalue weighted by Gasteiger charge is 2.30. The summed E-state index contributed by atoms with van der Waals surface area (Å²) < 4.78 is 29.8. The molecular weight excluding hydrogens is 524 g/mol. The van der Waals surface area contributed by atoms with Crippen molar-refractivity contribution in [2.24, 2.45) is 10.9 Å². The molecule has 9 nitrogen and oxygen atoms in total. The molecule has 0 bridgehead atoms. The lowest BCUT2D eigenvalue weighted by Gasteiger charge is -2.36. The Morgan fingerprint density at radius 3 is 2.83 bits per heavy atom. The topological polar surface area (TPSA) is 107 Å². The van der Waals surface area contributed by atoms with E-state index in [4.69, 9.17) is 0 Å². The zero-order valence-electron chi connectivity index (χ0n) is 23.4. The molecule has 1 saturated heterocycles. The minimum Gasteiger partial charge on any atom is -0.356 e. The van der Waals surface area contributed by atoms with Gasteiger partial charge in [0, 0.05) is 54.8 Å². The number of rotatable bonds is 8. The molecule has 1 fully saturated rings. The summed E-state index contributed by atoms with van der Waals surface area (Å²) in [6, 6.07) is 5.58. The zero-order chi connectivity index (χ0) is 28.9. The average Bonchev–Trinajstić information content (AvgIpc) is 3.65. The van der Waals surface area contributed by atoms with E-state index < -0.39 is 11.6 Å². The normalized spacial score (nSPS) is 18.3. The number of allylic oxidation sites excluding steroid dienone is 1. The van der Waals surface area contributed by atoms with Crippen LogP contribution in [0.1, 0.15) is 50.3 Å². The molecule has 41 heavy (non-hydrogen) atoms. The average molecular weight is 558 g/mol. The maximum absolute atomic E-state index is 14.2. The van der Waals surface area contributed by atoms with Crippen molar-refractivity contribution in [3.05, 3.63) is 77.5 Å². The lowest BCUT2D eigenvalue weighted by atomic mass is 9.87. The second-order valence-electron chi connectivity index (χ2n) is 10.2. The molecule has 0 spiro atoms. The molecule has 3 aromatic rings. The fourth-order valence-corrected chi connectivity index (χ4v) is 5.49. The molecule has 1 atom stereocenters. The van der Waals surface area contributed by atoms with E-state index in [1.54, 1.807) is 0 Å². The Morgan fingerprint density at radius 1 is 1.27 bits per heavy atom. The third-order valence-electron chi connectivity index (χ3n) is 7.74. The summed E-state index contributed by atoms with van der Waals surface area (Å²) >= 11 is 0. The molecule has 212 valence electrons. The molecule has 4 heterocycles. The van der Waals surface area contributed by atoms with E-state index in [0.29, 0.717) is 18.8 Å². The maximum atomic E-state index is 14.2. The standard InChI is InChI=1S/C30H33F2N9/c1-4-34-29-24(8-12-35-29)19(2)22-16-38-41(17-22)27(7-11-33)21-9-13-40(14-10-21)30-20(3)28(36-18-37-30)39-26-15-23(31)5-6-25(26)32/h5-6,8,12,15-18,21,27H,4,7,9-10,13-14H2,1-3H3,(H,34,35)(H,36,37,39)/b24-19+. The fraction of sp³-hybridized carbons (Fsp3) is 0.367. The second-order valence-corrected chi connectivity index (χ2v) is 10.2. The number of nitrogens with zero attached hydrogens (tertiary/aromatic N) is 7. The van der Waals surface area contributed by atoms with Crippen LogP contribution in [0.3, 0.4) is 0 Å². The number of anilines is 3. The maximum Gasteiger partial charge on any atom is 0.146 e. The van der Waals surface area contributed by atoms with Crippen LogP contribution in [0.4, 0.5) is 26.1 Å². The fourth-order valence-electron chi connectivity index (χ4n) is 5.49. The highest BCUT2D eigenvalue weighted by molar-refractivity contribution is 6.09. The summed E-state index contributed by atoms with van der Waals surface area (Å²) in [5.74, 6) is 1.21. The number of amidine groups is 1. The predicted molar refractivity (Wildman–Crippen MR) is 156 cm³/mol. The number of aromatic nitrogens is 4. The monoisotopic (exact) mass is 557 g/mol. The molecule has 2 aromatic heterocycles. The Hall–Kier alpha value is -4.59. The molecule has 0 amide bonds. The van der Waals surface area contributed by atoms with E-state index in [0.717, 1.165) is 78.1 Å². The van der Waals surface area contributed by atoms with Gasteiger partial charge in [0.05, 0.1) is 30.4 Å². The van der Waals surface area contributed by atoms with Gasteiger partial charge in [-0.05, 0) is 63.3 Å². The number of halogens is 2. The summed E-state index contributed by atoms with van der Waals surface area (Å²) in [5, 5.41) is 20.4. The third-order valence-corrected chi connectivity index (χ3v) is 7.74. The number of piperidine rings is 1. The first kappa shape index (κ1) is 28.0. The van der Waals surface area contributed by atoms with Crippen LogP contribution in [0.2, 0.25) is 0 Å². The van der Waals surface area contributed by atoms with Gasteiger partial charge in [0.2, 0.25) is 0 Å². The van der Waals surface area contributed by atoms with E-state index in [9.17, 15) is 14.0 Å². The first-order valence-corrected chi connectivity index (χ1v) is 13.8. The molecule has 0 saturated carbocycles. The zero-order valence-corrected chi connectivity index (χ0v) is 23.4. The summed E-state index contributed by atoms with van der Waals surface area (Å²) in [7, 11) is 0. The Balaban J connectivity index is 1.30. The van der Waals surface area contributed by atoms with E-state index in [1.165, 1.54) is 6.33 Å². The number of nitriles is 1. The van der Waals surface area contributed by atoms with Crippen LogP contribution in [0.5, 0.6) is 0 Å². The molecular formula is C30H33F2N9. The van der Waals surface area contributed by atoms with Crippen LogP contribution in [0.15, 0.2) is 59.8 Å². The van der Waals surface area contributed by atoms with Crippen molar-refractivity contribution in [3.63, 3.8) is 0 Å². The van der Waals surface area contributed by atoms with E-state index in [-0.39, 0.29) is 17.6 Å². The third kappa shape index (κ3) is 5.96. The number of aliphatic imine (C=N–C) groups is 1. The first-order chi connectivity index (χ1) is 19.9. The van der Waals surface area contributed by atoms with Crippen molar-refractivity contribution in [1.29, 1.82) is 5.26 Å². The summed E-state index contributed by atoms with van der Waals surface area (Å²) in [6.07, 6.45) is 11.3. The molecule has 1 unspecified atom stereocenters. The van der Waals surface area contributed by atoms with E-state index in [1.807, 2.05) is 43.2 Å². The second kappa shape index (κ2) is 12.3. The van der Waals surface area contributed by atoms with E-state index >= 15 is 0 Å². The van der Waals surface area contributed by atoms with Crippen LogP contribution in [0.25, 0.3) is 5.57 Å².